The molecule has 0 spiro atoms. The van der Waals surface area contributed by atoms with Crippen LogP contribution in [0, 0.1) is 0 Å². The van der Waals surface area contributed by atoms with E-state index in [0.717, 1.165) is 0 Å². The maximum atomic E-state index is 2.49. The fraction of sp³-hybridized carbons (Fsp3) is 0.905. The number of hydrogen-bond acceptors (Lipinski definition) is 0. The van der Waals surface area contributed by atoms with Crippen LogP contribution in [0.1, 0.15) is 348 Å². The average Bonchev–Trinajstić information content (AvgIpc) is 3.32. The van der Waals surface area contributed by atoms with Crippen molar-refractivity contribution in [3.05, 3.63) is 30.3 Å². The predicted octanol–water partition coefficient (Wildman–Crippen LogP) is 22.9. The van der Waals surface area contributed by atoms with E-state index in [0.29, 0.717) is 0 Å². The van der Waals surface area contributed by atoms with Crippen LogP contribution in [0.3, 0.4) is 0 Å². The van der Waals surface area contributed by atoms with Crippen LogP contribution < -0.4 is 4.48 Å². The lowest BCUT2D eigenvalue weighted by atomic mass is 10.0. The second kappa shape index (κ2) is 51.6. The molecule has 0 N–H and O–H groups in total. The van der Waals surface area contributed by atoms with Gasteiger partial charge in [0.1, 0.15) is 5.69 Å². The average molecular weight is 894 g/mol. The summed E-state index contributed by atoms with van der Waals surface area (Å²) in [6.07, 6.45) is 74.3. The highest BCUT2D eigenvalue weighted by Crippen LogP contribution is 2.28. The molecule has 378 valence electrons. The van der Waals surface area contributed by atoms with Crippen LogP contribution in [-0.4, -0.2) is 19.6 Å². The Bertz CT molecular complexity index is 876. The number of unbranched alkanes of at least 4 members (excludes halogenated alkanes) is 48. The molecule has 0 radical (unpaired) electrons. The van der Waals surface area contributed by atoms with E-state index in [2.05, 4.69) is 51.1 Å². The van der Waals surface area contributed by atoms with Gasteiger partial charge in [-0.15, -0.1) is 0 Å². The molecule has 1 nitrogen and oxygen atoms in total. The Labute approximate surface area is 406 Å². The third-order valence-corrected chi connectivity index (χ3v) is 15.4. The standard InChI is InChI=1S/C63H122N/c1-4-7-10-13-16-19-22-25-28-31-34-37-40-43-46-49-55-60-64(63-58-53-52-54-59-63,61-56-50-47-44-41-38-35-32-29-26-23-20-17-14-11-8-5-2)62-57-51-48-45-42-39-36-33-30-27-24-21-18-15-12-9-6-3/h52-54,58-59H,4-51,55-57,60-62H2,1-3H3/q+1. The van der Waals surface area contributed by atoms with Gasteiger partial charge in [-0.1, -0.05) is 328 Å². The van der Waals surface area contributed by atoms with Gasteiger partial charge < -0.3 is 0 Å². The van der Waals surface area contributed by atoms with E-state index in [1.165, 1.54) is 352 Å². The van der Waals surface area contributed by atoms with Crippen molar-refractivity contribution >= 4 is 5.69 Å². The van der Waals surface area contributed by atoms with Crippen molar-refractivity contribution in [1.29, 1.82) is 0 Å². The first-order chi connectivity index (χ1) is 31.8. The topological polar surface area (TPSA) is 0 Å². The third kappa shape index (κ3) is 41.4. The van der Waals surface area contributed by atoms with Crippen LogP contribution in [0.2, 0.25) is 0 Å². The number of para-hydroxylation sites is 1. The summed E-state index contributed by atoms with van der Waals surface area (Å²) in [6, 6.07) is 11.9. The molecule has 1 aromatic carbocycles. The summed E-state index contributed by atoms with van der Waals surface area (Å²) in [5.41, 5.74) is 1.62. The van der Waals surface area contributed by atoms with Gasteiger partial charge in [-0.2, -0.15) is 0 Å². The van der Waals surface area contributed by atoms with Gasteiger partial charge in [0.2, 0.25) is 0 Å². The predicted molar refractivity (Wildman–Crippen MR) is 295 cm³/mol. The van der Waals surface area contributed by atoms with Gasteiger partial charge in [-0.3, -0.25) is 4.48 Å². The fourth-order valence-corrected chi connectivity index (χ4v) is 10.9. The molecule has 64 heavy (non-hydrogen) atoms. The monoisotopic (exact) mass is 893 g/mol. The van der Waals surface area contributed by atoms with Crippen LogP contribution in [0.4, 0.5) is 5.69 Å². The summed E-state index contributed by atoms with van der Waals surface area (Å²) in [5.74, 6) is 0. The molecule has 0 aliphatic carbocycles. The van der Waals surface area contributed by atoms with Crippen molar-refractivity contribution in [3.63, 3.8) is 0 Å². The molecule has 0 aliphatic rings. The Morgan fingerprint density at radius 3 is 0.531 bits per heavy atom. The number of quaternary nitrogens is 1. The first kappa shape index (κ1) is 61.2. The zero-order valence-corrected chi connectivity index (χ0v) is 45.0. The molecule has 1 rings (SSSR count). The van der Waals surface area contributed by atoms with Crippen molar-refractivity contribution in [2.45, 2.75) is 348 Å². The number of benzene rings is 1. The van der Waals surface area contributed by atoms with Crippen molar-refractivity contribution in [2.75, 3.05) is 19.6 Å². The molecule has 0 aliphatic heterocycles. The summed E-state index contributed by atoms with van der Waals surface area (Å²) in [4.78, 5) is 0. The molecule has 0 fully saturated rings. The zero-order valence-electron chi connectivity index (χ0n) is 45.0. The molecule has 0 amide bonds. The van der Waals surface area contributed by atoms with Crippen molar-refractivity contribution in [2.24, 2.45) is 0 Å². The summed E-state index contributed by atoms with van der Waals surface area (Å²) in [5, 5.41) is 0. The van der Waals surface area contributed by atoms with Crippen molar-refractivity contribution in [3.8, 4) is 0 Å². The third-order valence-electron chi connectivity index (χ3n) is 15.4. The second-order valence-corrected chi connectivity index (χ2v) is 21.6. The summed E-state index contributed by atoms with van der Waals surface area (Å²) in [6.45, 7) is 11.0. The van der Waals surface area contributed by atoms with Crippen LogP contribution >= 0.6 is 0 Å². The van der Waals surface area contributed by atoms with E-state index in [1.807, 2.05) is 0 Å². The van der Waals surface area contributed by atoms with Gasteiger partial charge in [-0.05, 0) is 50.7 Å². The van der Waals surface area contributed by atoms with E-state index in [1.54, 1.807) is 5.69 Å². The molecular weight excluding hydrogens is 771 g/mol. The minimum absolute atomic E-state index is 1.26. The van der Waals surface area contributed by atoms with Crippen molar-refractivity contribution in [1.82, 2.24) is 4.48 Å². The minimum Gasteiger partial charge on any atom is -0.291 e. The number of rotatable bonds is 55. The Morgan fingerprint density at radius 2 is 0.359 bits per heavy atom. The summed E-state index contributed by atoms with van der Waals surface area (Å²) in [7, 11) is 0. The summed E-state index contributed by atoms with van der Waals surface area (Å²) >= 11 is 0. The van der Waals surface area contributed by atoms with E-state index in [4.69, 9.17) is 0 Å². The number of nitrogens with zero attached hydrogens (tertiary/aromatic N) is 1. The van der Waals surface area contributed by atoms with Gasteiger partial charge in [0.25, 0.3) is 0 Å². The van der Waals surface area contributed by atoms with Crippen LogP contribution in [-0.2, 0) is 0 Å². The lowest BCUT2D eigenvalue weighted by molar-refractivity contribution is 0.252. The maximum absolute atomic E-state index is 2.49. The lowest BCUT2D eigenvalue weighted by Gasteiger charge is -2.39. The molecule has 0 unspecified atom stereocenters. The van der Waals surface area contributed by atoms with Gasteiger partial charge in [0.05, 0.1) is 19.6 Å². The molecule has 1 aromatic rings. The van der Waals surface area contributed by atoms with Crippen molar-refractivity contribution < 1.29 is 0 Å². The Morgan fingerprint density at radius 1 is 0.203 bits per heavy atom. The Kier molecular flexibility index (Phi) is 49.3. The van der Waals surface area contributed by atoms with Gasteiger partial charge in [-0.25, -0.2) is 0 Å². The van der Waals surface area contributed by atoms with Gasteiger partial charge in [0.15, 0.2) is 0 Å². The molecule has 0 bridgehead atoms. The van der Waals surface area contributed by atoms with Gasteiger partial charge >= 0.3 is 0 Å². The van der Waals surface area contributed by atoms with E-state index in [9.17, 15) is 0 Å². The van der Waals surface area contributed by atoms with Crippen LogP contribution in [0.5, 0.6) is 0 Å². The molecule has 0 heterocycles. The Balaban J connectivity index is 2.41. The minimum atomic E-state index is 1.26. The first-order valence-corrected chi connectivity index (χ1v) is 30.7. The SMILES string of the molecule is CCCCCCCCCCCCCCCCCCC[N+](CCCCCCCCCCCCCCCCCCC)(CCCCCCCCCCCCCCCCCCC)c1ccccc1. The normalized spacial score (nSPS) is 11.9. The van der Waals surface area contributed by atoms with E-state index in [-0.39, 0.29) is 0 Å². The zero-order chi connectivity index (χ0) is 45.8. The van der Waals surface area contributed by atoms with Gasteiger partial charge in [0, 0.05) is 0 Å². The fourth-order valence-electron chi connectivity index (χ4n) is 10.9. The number of hydrogen-bond donors (Lipinski definition) is 0. The highest BCUT2D eigenvalue weighted by Gasteiger charge is 2.29. The highest BCUT2D eigenvalue weighted by atomic mass is 15.4. The molecule has 1 heteroatoms. The summed E-state index contributed by atoms with van der Waals surface area (Å²) < 4.78 is 1.26. The largest absolute Gasteiger partial charge is 0.291 e. The van der Waals surface area contributed by atoms with Crippen LogP contribution in [0.15, 0.2) is 30.3 Å². The van der Waals surface area contributed by atoms with E-state index >= 15 is 0 Å². The first-order valence-electron chi connectivity index (χ1n) is 30.7. The maximum Gasteiger partial charge on any atom is 0.132 e. The highest BCUT2D eigenvalue weighted by molar-refractivity contribution is 5.42. The molecular formula is C63H122N+. The lowest BCUT2D eigenvalue weighted by Crippen LogP contribution is -2.51. The van der Waals surface area contributed by atoms with Crippen LogP contribution in [0.25, 0.3) is 0 Å². The molecule has 0 atom stereocenters. The molecule has 0 saturated carbocycles. The second-order valence-electron chi connectivity index (χ2n) is 21.6. The smallest absolute Gasteiger partial charge is 0.132 e. The molecule has 0 saturated heterocycles. The quantitative estimate of drug-likeness (QED) is 0.0452. The Hall–Kier alpha value is -0.820. The molecule has 0 aromatic heterocycles. The van der Waals surface area contributed by atoms with E-state index < -0.39 is 0 Å².